The molecule has 2 aliphatic carbocycles. The normalized spacial score (nSPS) is 30.9. The van der Waals surface area contributed by atoms with Gasteiger partial charge in [0.25, 0.3) is 0 Å². The lowest BCUT2D eigenvalue weighted by Gasteiger charge is -2.29. The molecule has 1 heterocycles. The quantitative estimate of drug-likeness (QED) is 0.854. The molecule has 0 saturated heterocycles. The van der Waals surface area contributed by atoms with Crippen molar-refractivity contribution < 1.29 is 0 Å². The summed E-state index contributed by atoms with van der Waals surface area (Å²) >= 11 is 0. The first-order valence-electron chi connectivity index (χ1n) is 7.01. The lowest BCUT2D eigenvalue weighted by Crippen LogP contribution is -2.33. The van der Waals surface area contributed by atoms with Crippen LogP contribution < -0.4 is 5.73 Å². The molecule has 2 fully saturated rings. The van der Waals surface area contributed by atoms with Gasteiger partial charge in [-0.25, -0.2) is 0 Å². The van der Waals surface area contributed by atoms with Gasteiger partial charge in [-0.3, -0.25) is 0 Å². The highest BCUT2D eigenvalue weighted by molar-refractivity contribution is 5.05. The van der Waals surface area contributed by atoms with Gasteiger partial charge in [0.1, 0.15) is 12.2 Å². The molecule has 0 aromatic carbocycles. The Labute approximate surface area is 103 Å². The summed E-state index contributed by atoms with van der Waals surface area (Å²) in [5.41, 5.74) is 6.26. The lowest BCUT2D eigenvalue weighted by molar-refractivity contribution is 0.352. The van der Waals surface area contributed by atoms with Crippen LogP contribution in [0.25, 0.3) is 0 Å². The van der Waals surface area contributed by atoms with Gasteiger partial charge in [0, 0.05) is 18.0 Å². The van der Waals surface area contributed by atoms with Gasteiger partial charge in [0.2, 0.25) is 0 Å². The summed E-state index contributed by atoms with van der Waals surface area (Å²) in [6, 6.07) is 0.919. The van der Waals surface area contributed by atoms with E-state index < -0.39 is 0 Å². The molecule has 0 aliphatic heterocycles. The summed E-state index contributed by atoms with van der Waals surface area (Å²) in [4.78, 5) is 0. The van der Waals surface area contributed by atoms with Crippen LogP contribution in [0.4, 0.5) is 0 Å². The average Bonchev–Trinajstić information content (AvgIpc) is 3.00. The summed E-state index contributed by atoms with van der Waals surface area (Å²) in [6.45, 7) is 0. The molecule has 2 unspecified atom stereocenters. The summed E-state index contributed by atoms with van der Waals surface area (Å²) in [7, 11) is 0. The minimum atomic E-state index is 0.285. The van der Waals surface area contributed by atoms with Gasteiger partial charge in [0.05, 0.1) is 0 Å². The maximum Gasteiger partial charge on any atom is 0.137 e. The highest BCUT2D eigenvalue weighted by Gasteiger charge is 2.30. The van der Waals surface area contributed by atoms with E-state index in [1.807, 2.05) is 6.33 Å². The molecule has 94 valence electrons. The standard InChI is InChI=1S/C13H22N4/c14-12-8-4-3-7-11(12)13-16-15-9-17(13)10-5-1-2-6-10/h9-12H,1-8,14H2. The van der Waals surface area contributed by atoms with Crippen LogP contribution in [-0.4, -0.2) is 20.8 Å². The van der Waals surface area contributed by atoms with Gasteiger partial charge < -0.3 is 10.3 Å². The molecule has 4 nitrogen and oxygen atoms in total. The fourth-order valence-electron chi connectivity index (χ4n) is 3.46. The molecule has 1 aromatic rings. The van der Waals surface area contributed by atoms with Gasteiger partial charge in [-0.05, 0) is 25.7 Å². The van der Waals surface area contributed by atoms with Crippen molar-refractivity contribution in [2.45, 2.75) is 69.4 Å². The third kappa shape index (κ3) is 2.10. The zero-order chi connectivity index (χ0) is 11.7. The number of hydrogen-bond donors (Lipinski definition) is 1. The van der Waals surface area contributed by atoms with Crippen molar-refractivity contribution in [1.82, 2.24) is 14.8 Å². The molecule has 0 bridgehead atoms. The van der Waals surface area contributed by atoms with E-state index in [1.54, 1.807) is 0 Å². The largest absolute Gasteiger partial charge is 0.327 e. The van der Waals surface area contributed by atoms with E-state index in [4.69, 9.17) is 5.73 Å². The van der Waals surface area contributed by atoms with E-state index in [9.17, 15) is 0 Å². The molecule has 2 N–H and O–H groups in total. The number of rotatable bonds is 2. The Balaban J connectivity index is 1.84. The van der Waals surface area contributed by atoms with E-state index in [1.165, 1.54) is 44.9 Å². The van der Waals surface area contributed by atoms with Crippen molar-refractivity contribution in [2.75, 3.05) is 0 Å². The van der Waals surface area contributed by atoms with E-state index in [-0.39, 0.29) is 6.04 Å². The Bertz CT molecular complexity index is 367. The second-order valence-electron chi connectivity index (χ2n) is 5.59. The average molecular weight is 234 g/mol. The maximum atomic E-state index is 6.26. The summed E-state index contributed by atoms with van der Waals surface area (Å²) < 4.78 is 2.32. The minimum Gasteiger partial charge on any atom is -0.327 e. The minimum absolute atomic E-state index is 0.285. The molecule has 2 atom stereocenters. The first-order valence-corrected chi connectivity index (χ1v) is 7.01. The fraction of sp³-hybridized carbons (Fsp3) is 0.846. The number of aromatic nitrogens is 3. The first-order chi connectivity index (χ1) is 8.36. The smallest absolute Gasteiger partial charge is 0.137 e. The molecule has 0 spiro atoms. The van der Waals surface area contributed by atoms with E-state index in [2.05, 4.69) is 14.8 Å². The third-order valence-corrected chi connectivity index (χ3v) is 4.47. The molecule has 2 aliphatic rings. The monoisotopic (exact) mass is 234 g/mol. The summed E-state index contributed by atoms with van der Waals surface area (Å²) in [5, 5.41) is 8.50. The van der Waals surface area contributed by atoms with Gasteiger partial charge in [-0.15, -0.1) is 10.2 Å². The Hall–Kier alpha value is -0.900. The van der Waals surface area contributed by atoms with E-state index in [0.29, 0.717) is 12.0 Å². The molecule has 17 heavy (non-hydrogen) atoms. The Morgan fingerprint density at radius 3 is 2.53 bits per heavy atom. The van der Waals surface area contributed by atoms with E-state index in [0.717, 1.165) is 12.2 Å². The second-order valence-corrected chi connectivity index (χ2v) is 5.59. The molecule has 1 aromatic heterocycles. The van der Waals surface area contributed by atoms with Crippen molar-refractivity contribution in [3.8, 4) is 0 Å². The molecule has 3 rings (SSSR count). The van der Waals surface area contributed by atoms with Crippen LogP contribution in [-0.2, 0) is 0 Å². The van der Waals surface area contributed by atoms with Gasteiger partial charge in [-0.2, -0.15) is 0 Å². The van der Waals surface area contributed by atoms with Crippen LogP contribution in [0.5, 0.6) is 0 Å². The lowest BCUT2D eigenvalue weighted by atomic mass is 9.84. The van der Waals surface area contributed by atoms with Crippen LogP contribution in [0.15, 0.2) is 6.33 Å². The van der Waals surface area contributed by atoms with Crippen LogP contribution in [0, 0.1) is 0 Å². The maximum absolute atomic E-state index is 6.26. The third-order valence-electron chi connectivity index (χ3n) is 4.47. The Morgan fingerprint density at radius 2 is 1.76 bits per heavy atom. The topological polar surface area (TPSA) is 56.7 Å². The van der Waals surface area contributed by atoms with Crippen LogP contribution in [0.3, 0.4) is 0 Å². The summed E-state index contributed by atoms with van der Waals surface area (Å²) in [6.07, 6.45) is 12.1. The van der Waals surface area contributed by atoms with Crippen molar-refractivity contribution >= 4 is 0 Å². The molecule has 2 saturated carbocycles. The van der Waals surface area contributed by atoms with Crippen LogP contribution in [0.2, 0.25) is 0 Å². The van der Waals surface area contributed by atoms with Gasteiger partial charge >= 0.3 is 0 Å². The van der Waals surface area contributed by atoms with Crippen molar-refractivity contribution in [3.05, 3.63) is 12.2 Å². The molecule has 0 radical (unpaired) electrons. The van der Waals surface area contributed by atoms with Crippen LogP contribution >= 0.6 is 0 Å². The van der Waals surface area contributed by atoms with Crippen LogP contribution in [0.1, 0.15) is 69.2 Å². The zero-order valence-corrected chi connectivity index (χ0v) is 10.4. The SMILES string of the molecule is NC1CCCCC1c1nncn1C1CCCC1. The molecular weight excluding hydrogens is 212 g/mol. The highest BCUT2D eigenvalue weighted by atomic mass is 15.3. The van der Waals surface area contributed by atoms with Gasteiger partial charge in [0.15, 0.2) is 0 Å². The van der Waals surface area contributed by atoms with Crippen molar-refractivity contribution in [2.24, 2.45) is 5.73 Å². The highest BCUT2D eigenvalue weighted by Crippen LogP contribution is 2.35. The van der Waals surface area contributed by atoms with Crippen molar-refractivity contribution in [1.29, 1.82) is 0 Å². The fourth-order valence-corrected chi connectivity index (χ4v) is 3.46. The van der Waals surface area contributed by atoms with E-state index >= 15 is 0 Å². The second kappa shape index (κ2) is 4.77. The Morgan fingerprint density at radius 1 is 1.06 bits per heavy atom. The predicted octanol–water partition coefficient (Wildman–Crippen LogP) is 2.38. The Kier molecular flexibility index (Phi) is 3.14. The number of nitrogens with zero attached hydrogens (tertiary/aromatic N) is 3. The number of hydrogen-bond acceptors (Lipinski definition) is 3. The zero-order valence-electron chi connectivity index (χ0n) is 10.4. The van der Waals surface area contributed by atoms with Gasteiger partial charge in [-0.1, -0.05) is 25.7 Å². The molecular formula is C13H22N4. The molecule has 0 amide bonds. The number of nitrogens with two attached hydrogens (primary N) is 1. The summed E-state index contributed by atoms with van der Waals surface area (Å²) in [5.74, 6) is 1.59. The predicted molar refractivity (Wildman–Crippen MR) is 66.7 cm³/mol. The van der Waals surface area contributed by atoms with Crippen molar-refractivity contribution in [3.63, 3.8) is 0 Å². The molecule has 4 heteroatoms. The first kappa shape index (κ1) is 11.2.